The maximum absolute atomic E-state index is 12.1. The van der Waals surface area contributed by atoms with E-state index in [1.54, 1.807) is 13.8 Å². The number of nitrogens with one attached hydrogen (secondary N) is 1. The molecule has 0 radical (unpaired) electrons. The number of hydrogen-bond donors (Lipinski definition) is 2. The van der Waals surface area contributed by atoms with Crippen LogP contribution < -0.4 is 5.32 Å². The Labute approximate surface area is 117 Å². The predicted octanol–water partition coefficient (Wildman–Crippen LogP) is 1.78. The minimum atomic E-state index is -0.870. The number of carboxylic acid groups (broad SMARTS) is 1. The van der Waals surface area contributed by atoms with Gasteiger partial charge in [-0.3, -0.25) is 9.59 Å². The molecule has 6 nitrogen and oxygen atoms in total. The van der Waals surface area contributed by atoms with Crippen LogP contribution in [0.15, 0.2) is 4.52 Å². The summed E-state index contributed by atoms with van der Waals surface area (Å²) in [6, 6.07) is 0. The van der Waals surface area contributed by atoms with E-state index >= 15 is 0 Å². The lowest BCUT2D eigenvalue weighted by Gasteiger charge is -2.18. The molecule has 20 heavy (non-hydrogen) atoms. The van der Waals surface area contributed by atoms with Crippen molar-refractivity contribution in [3.63, 3.8) is 0 Å². The number of aromatic nitrogens is 1. The summed E-state index contributed by atoms with van der Waals surface area (Å²) in [5, 5.41) is 15.6. The van der Waals surface area contributed by atoms with Crippen molar-refractivity contribution in [2.75, 3.05) is 6.54 Å². The smallest absolute Gasteiger partial charge is 0.309 e. The van der Waals surface area contributed by atoms with Gasteiger partial charge in [-0.15, -0.1) is 0 Å². The van der Waals surface area contributed by atoms with E-state index in [2.05, 4.69) is 10.5 Å². The molecule has 0 aromatic carbocycles. The largest absolute Gasteiger partial charge is 0.481 e. The average Bonchev–Trinajstić information content (AvgIpc) is 2.82. The molecule has 1 aromatic rings. The third kappa shape index (κ3) is 3.00. The summed E-state index contributed by atoms with van der Waals surface area (Å²) < 4.78 is 5.19. The lowest BCUT2D eigenvalue weighted by atomic mass is 9.89. The van der Waals surface area contributed by atoms with Crippen molar-refractivity contribution in [2.45, 2.75) is 46.0 Å². The van der Waals surface area contributed by atoms with Gasteiger partial charge in [0.1, 0.15) is 5.76 Å². The maximum atomic E-state index is 12.1. The summed E-state index contributed by atoms with van der Waals surface area (Å²) in [6.07, 6.45) is 4.13. The van der Waals surface area contributed by atoms with Crippen molar-refractivity contribution in [1.82, 2.24) is 10.5 Å². The number of aryl methyl sites for hydroxylation is 1. The third-order valence-electron chi connectivity index (χ3n) is 3.78. The van der Waals surface area contributed by atoms with Crippen LogP contribution in [0.5, 0.6) is 0 Å². The number of hydrogen-bond acceptors (Lipinski definition) is 4. The quantitative estimate of drug-likeness (QED) is 0.857. The second-order valence-corrected chi connectivity index (χ2v) is 5.83. The molecule has 0 atom stereocenters. The first-order valence-electron chi connectivity index (χ1n) is 6.91. The molecule has 0 saturated carbocycles. The summed E-state index contributed by atoms with van der Waals surface area (Å²) >= 11 is 0. The number of aliphatic carboxylic acids is 1. The van der Waals surface area contributed by atoms with Crippen LogP contribution in [0.1, 0.15) is 54.9 Å². The molecule has 0 bridgehead atoms. The molecule has 110 valence electrons. The Kier molecular flexibility index (Phi) is 4.11. The number of nitrogens with zero attached hydrogens (tertiary/aromatic N) is 1. The summed E-state index contributed by atoms with van der Waals surface area (Å²) in [4.78, 5) is 23.0. The molecule has 0 saturated heterocycles. The fourth-order valence-electron chi connectivity index (χ4n) is 2.24. The predicted molar refractivity (Wildman–Crippen MR) is 71.5 cm³/mol. The van der Waals surface area contributed by atoms with Gasteiger partial charge in [0.25, 0.3) is 5.91 Å². The molecule has 1 aliphatic carbocycles. The highest BCUT2D eigenvalue weighted by molar-refractivity contribution is 5.93. The molecule has 0 spiro atoms. The molecule has 2 rings (SSSR count). The number of carbonyl (C=O) groups excluding carboxylic acids is 1. The molecule has 1 heterocycles. The lowest BCUT2D eigenvalue weighted by Crippen LogP contribution is -2.32. The first kappa shape index (κ1) is 14.6. The van der Waals surface area contributed by atoms with Gasteiger partial charge in [-0.05, 0) is 39.5 Å². The number of carbonyl (C=O) groups is 2. The molecule has 1 aliphatic rings. The van der Waals surface area contributed by atoms with Crippen molar-refractivity contribution in [1.29, 1.82) is 0 Å². The molecular weight excluding hydrogens is 260 g/mol. The zero-order valence-electron chi connectivity index (χ0n) is 11.9. The zero-order valence-corrected chi connectivity index (χ0v) is 11.9. The van der Waals surface area contributed by atoms with Crippen LogP contribution in [0.25, 0.3) is 0 Å². The van der Waals surface area contributed by atoms with Crippen molar-refractivity contribution in [2.24, 2.45) is 5.41 Å². The van der Waals surface area contributed by atoms with Crippen LogP contribution in [0.2, 0.25) is 0 Å². The van der Waals surface area contributed by atoms with Crippen molar-refractivity contribution < 1.29 is 19.2 Å². The van der Waals surface area contributed by atoms with Gasteiger partial charge in [-0.2, -0.15) is 0 Å². The van der Waals surface area contributed by atoms with E-state index in [1.807, 2.05) is 0 Å². The van der Waals surface area contributed by atoms with Gasteiger partial charge in [-0.25, -0.2) is 0 Å². The Morgan fingerprint density at radius 3 is 2.75 bits per heavy atom. The van der Waals surface area contributed by atoms with E-state index in [1.165, 1.54) is 0 Å². The lowest BCUT2D eigenvalue weighted by molar-refractivity contribution is -0.147. The monoisotopic (exact) mass is 280 g/mol. The normalized spacial score (nSPS) is 14.7. The molecule has 0 fully saturated rings. The number of fused-ring (bicyclic) bond motifs is 1. The van der Waals surface area contributed by atoms with Crippen molar-refractivity contribution in [3.05, 3.63) is 17.0 Å². The summed E-state index contributed by atoms with van der Waals surface area (Å²) in [5.74, 6) is -0.337. The van der Waals surface area contributed by atoms with Gasteiger partial charge in [0.15, 0.2) is 5.69 Å². The molecule has 2 N–H and O–H groups in total. The topological polar surface area (TPSA) is 92.4 Å². The Morgan fingerprint density at radius 1 is 1.35 bits per heavy atom. The van der Waals surface area contributed by atoms with Gasteiger partial charge in [0, 0.05) is 18.5 Å². The summed E-state index contributed by atoms with van der Waals surface area (Å²) in [7, 11) is 0. The summed E-state index contributed by atoms with van der Waals surface area (Å²) in [6.45, 7) is 3.58. The van der Waals surface area contributed by atoms with Crippen LogP contribution >= 0.6 is 0 Å². The van der Waals surface area contributed by atoms with Crippen molar-refractivity contribution in [3.8, 4) is 0 Å². The number of amides is 1. The SMILES string of the molecule is CC(C)(CCNC(=O)c1noc2c1CCCC2)C(=O)O. The van der Waals surface area contributed by atoms with Crippen LogP contribution in [0, 0.1) is 5.41 Å². The van der Waals surface area contributed by atoms with Gasteiger partial charge in [-0.1, -0.05) is 5.16 Å². The average molecular weight is 280 g/mol. The van der Waals surface area contributed by atoms with E-state index in [-0.39, 0.29) is 5.91 Å². The minimum absolute atomic E-state index is 0.280. The second kappa shape index (κ2) is 5.64. The first-order valence-corrected chi connectivity index (χ1v) is 6.91. The molecule has 0 aliphatic heterocycles. The standard InChI is InChI=1S/C14H20N2O4/c1-14(2,13(18)19)7-8-15-12(17)11-9-5-3-4-6-10(9)20-16-11/h3-8H2,1-2H3,(H,15,17)(H,18,19). The Bertz CT molecular complexity index is 519. The highest BCUT2D eigenvalue weighted by Crippen LogP contribution is 2.24. The van der Waals surface area contributed by atoms with Crippen LogP contribution in [-0.4, -0.2) is 28.7 Å². The third-order valence-corrected chi connectivity index (χ3v) is 3.78. The second-order valence-electron chi connectivity index (χ2n) is 5.83. The Balaban J connectivity index is 1.93. The molecule has 0 unspecified atom stereocenters. The first-order chi connectivity index (χ1) is 9.42. The summed E-state index contributed by atoms with van der Waals surface area (Å²) in [5.41, 5.74) is 0.412. The van der Waals surface area contributed by atoms with Crippen LogP contribution in [-0.2, 0) is 17.6 Å². The number of carboxylic acids is 1. The van der Waals surface area contributed by atoms with Gasteiger partial charge < -0.3 is 14.9 Å². The minimum Gasteiger partial charge on any atom is -0.481 e. The van der Waals surface area contributed by atoms with E-state index in [0.29, 0.717) is 18.7 Å². The van der Waals surface area contributed by atoms with Gasteiger partial charge in [0.05, 0.1) is 5.41 Å². The molecule has 6 heteroatoms. The van der Waals surface area contributed by atoms with Gasteiger partial charge >= 0.3 is 5.97 Å². The van der Waals surface area contributed by atoms with E-state index < -0.39 is 11.4 Å². The van der Waals surface area contributed by atoms with E-state index in [0.717, 1.165) is 37.0 Å². The highest BCUT2D eigenvalue weighted by Gasteiger charge is 2.28. The van der Waals surface area contributed by atoms with Gasteiger partial charge in [0.2, 0.25) is 0 Å². The molecule has 1 amide bonds. The fraction of sp³-hybridized carbons (Fsp3) is 0.643. The maximum Gasteiger partial charge on any atom is 0.309 e. The fourth-order valence-corrected chi connectivity index (χ4v) is 2.24. The van der Waals surface area contributed by atoms with Crippen LogP contribution in [0.4, 0.5) is 0 Å². The van der Waals surface area contributed by atoms with E-state index in [4.69, 9.17) is 9.63 Å². The Hall–Kier alpha value is -1.85. The molecule has 1 aromatic heterocycles. The number of rotatable bonds is 5. The molecular formula is C14H20N2O4. The van der Waals surface area contributed by atoms with Crippen molar-refractivity contribution >= 4 is 11.9 Å². The van der Waals surface area contributed by atoms with E-state index in [9.17, 15) is 9.59 Å². The highest BCUT2D eigenvalue weighted by atomic mass is 16.5. The van der Waals surface area contributed by atoms with Crippen LogP contribution in [0.3, 0.4) is 0 Å². The zero-order chi connectivity index (χ0) is 14.8. The Morgan fingerprint density at radius 2 is 2.05 bits per heavy atom.